The lowest BCUT2D eigenvalue weighted by atomic mass is 10.3. The summed E-state index contributed by atoms with van der Waals surface area (Å²) >= 11 is 0.974. The smallest absolute Gasteiger partial charge is 0.253 e. The first-order valence-electron chi connectivity index (χ1n) is 4.64. The number of rotatable bonds is 2. The molecule has 0 saturated carbocycles. The summed E-state index contributed by atoms with van der Waals surface area (Å²) in [6.07, 6.45) is 0. The van der Waals surface area contributed by atoms with Crippen LogP contribution < -0.4 is 17.0 Å². The van der Waals surface area contributed by atoms with Gasteiger partial charge in [-0.05, 0) is 30.0 Å². The minimum atomic E-state index is -0.472. The highest BCUT2D eigenvalue weighted by molar-refractivity contribution is 7.99. The molecule has 2 rings (SSSR count). The van der Waals surface area contributed by atoms with Crippen LogP contribution in [0.4, 0.5) is 15.9 Å². The van der Waals surface area contributed by atoms with Crippen LogP contribution in [0.25, 0.3) is 0 Å². The van der Waals surface area contributed by atoms with Crippen molar-refractivity contribution in [1.29, 1.82) is 0 Å². The third-order valence-electron chi connectivity index (χ3n) is 1.90. The molecule has 88 valence electrons. The van der Waals surface area contributed by atoms with Crippen molar-refractivity contribution in [1.82, 2.24) is 9.97 Å². The molecule has 0 aliphatic rings. The number of hydrogen-bond donors (Lipinski definition) is 3. The fourth-order valence-corrected chi connectivity index (χ4v) is 2.01. The summed E-state index contributed by atoms with van der Waals surface area (Å²) in [5, 5.41) is 0.235. The number of hydrogen-bond acceptors (Lipinski definition) is 5. The highest BCUT2D eigenvalue weighted by Crippen LogP contribution is 2.27. The van der Waals surface area contributed by atoms with E-state index in [0.29, 0.717) is 10.6 Å². The van der Waals surface area contributed by atoms with E-state index in [9.17, 15) is 9.18 Å². The number of aromatic nitrogens is 2. The van der Waals surface area contributed by atoms with Gasteiger partial charge in [0.25, 0.3) is 5.56 Å². The van der Waals surface area contributed by atoms with E-state index in [-0.39, 0.29) is 16.5 Å². The van der Waals surface area contributed by atoms with Crippen LogP contribution >= 0.6 is 11.8 Å². The number of nitrogens with one attached hydrogen (secondary N) is 1. The zero-order valence-corrected chi connectivity index (χ0v) is 9.42. The first-order valence-corrected chi connectivity index (χ1v) is 5.46. The van der Waals surface area contributed by atoms with Crippen LogP contribution in [0, 0.1) is 5.82 Å². The van der Waals surface area contributed by atoms with E-state index in [2.05, 4.69) is 9.97 Å². The van der Waals surface area contributed by atoms with E-state index in [1.54, 1.807) is 6.07 Å². The van der Waals surface area contributed by atoms with E-state index in [1.807, 2.05) is 0 Å². The average Bonchev–Trinajstić information content (AvgIpc) is 2.21. The van der Waals surface area contributed by atoms with Crippen LogP contribution in [-0.2, 0) is 0 Å². The first kappa shape index (κ1) is 11.5. The molecule has 0 aliphatic heterocycles. The Hall–Kier alpha value is -2.02. The summed E-state index contributed by atoms with van der Waals surface area (Å²) in [6, 6.07) is 5.43. The fraction of sp³-hybridized carbons (Fsp3) is 0. The van der Waals surface area contributed by atoms with Gasteiger partial charge in [-0.1, -0.05) is 0 Å². The largest absolute Gasteiger partial charge is 0.399 e. The van der Waals surface area contributed by atoms with Gasteiger partial charge in [-0.2, -0.15) is 0 Å². The molecule has 0 fully saturated rings. The highest BCUT2D eigenvalue weighted by Gasteiger charge is 2.07. The molecular weight excluding hydrogens is 243 g/mol. The Morgan fingerprint density at radius 2 is 2.06 bits per heavy atom. The van der Waals surface area contributed by atoms with Crippen LogP contribution in [0.2, 0.25) is 0 Å². The number of nitrogen functional groups attached to an aromatic ring is 2. The van der Waals surface area contributed by atoms with Crippen molar-refractivity contribution in [3.8, 4) is 0 Å². The predicted molar refractivity (Wildman–Crippen MR) is 64.2 cm³/mol. The molecule has 0 aliphatic carbocycles. The van der Waals surface area contributed by atoms with Gasteiger partial charge in [0, 0.05) is 11.8 Å². The van der Waals surface area contributed by atoms with Gasteiger partial charge in [0.15, 0.2) is 5.16 Å². The van der Waals surface area contributed by atoms with Crippen molar-refractivity contribution in [2.45, 2.75) is 10.1 Å². The lowest BCUT2D eigenvalue weighted by Gasteiger charge is -2.03. The average molecular weight is 252 g/mol. The summed E-state index contributed by atoms with van der Waals surface area (Å²) in [5.41, 5.74) is 10.8. The minimum Gasteiger partial charge on any atom is -0.399 e. The summed E-state index contributed by atoms with van der Waals surface area (Å²) < 4.78 is 13.5. The van der Waals surface area contributed by atoms with Gasteiger partial charge < -0.3 is 16.5 Å². The van der Waals surface area contributed by atoms with E-state index in [1.165, 1.54) is 12.1 Å². The lowest BCUT2D eigenvalue weighted by molar-refractivity contribution is 0.602. The lowest BCUT2D eigenvalue weighted by Crippen LogP contribution is -2.09. The van der Waals surface area contributed by atoms with Crippen molar-refractivity contribution in [3.63, 3.8) is 0 Å². The Morgan fingerprint density at radius 3 is 2.71 bits per heavy atom. The van der Waals surface area contributed by atoms with Gasteiger partial charge in [0.05, 0.1) is 4.90 Å². The molecule has 1 aromatic carbocycles. The maximum Gasteiger partial charge on any atom is 0.253 e. The second kappa shape index (κ2) is 4.46. The van der Waals surface area contributed by atoms with Crippen molar-refractivity contribution in [2.24, 2.45) is 0 Å². The zero-order chi connectivity index (χ0) is 12.4. The molecule has 17 heavy (non-hydrogen) atoms. The van der Waals surface area contributed by atoms with Crippen LogP contribution in [0.15, 0.2) is 39.1 Å². The second-order valence-electron chi connectivity index (χ2n) is 3.27. The van der Waals surface area contributed by atoms with E-state index in [4.69, 9.17) is 11.5 Å². The van der Waals surface area contributed by atoms with Crippen molar-refractivity contribution in [3.05, 3.63) is 40.4 Å². The molecule has 0 unspecified atom stereocenters. The molecule has 0 bridgehead atoms. The first-order chi connectivity index (χ1) is 8.04. The molecule has 0 saturated heterocycles. The number of halogens is 1. The van der Waals surface area contributed by atoms with E-state index < -0.39 is 5.82 Å². The van der Waals surface area contributed by atoms with E-state index in [0.717, 1.165) is 17.8 Å². The van der Waals surface area contributed by atoms with Crippen molar-refractivity contribution >= 4 is 23.3 Å². The Kier molecular flexibility index (Phi) is 3.01. The zero-order valence-electron chi connectivity index (χ0n) is 8.61. The third-order valence-corrected chi connectivity index (χ3v) is 2.84. The van der Waals surface area contributed by atoms with Crippen molar-refractivity contribution in [2.75, 3.05) is 11.5 Å². The SMILES string of the molecule is Nc1ccc(Sc2nc(N)cc(=O)[nH]2)c(F)c1. The van der Waals surface area contributed by atoms with Gasteiger partial charge in [-0.15, -0.1) is 0 Å². The number of H-pyrrole nitrogens is 1. The van der Waals surface area contributed by atoms with Gasteiger partial charge in [0.2, 0.25) is 0 Å². The quantitative estimate of drug-likeness (QED) is 0.551. The molecule has 0 spiro atoms. The molecule has 0 atom stereocenters. The maximum absolute atomic E-state index is 13.5. The molecule has 1 heterocycles. The number of aromatic amines is 1. The van der Waals surface area contributed by atoms with Crippen molar-refractivity contribution < 1.29 is 4.39 Å². The normalized spacial score (nSPS) is 10.4. The Balaban J connectivity index is 2.34. The molecule has 1 aromatic heterocycles. The Bertz CT molecular complexity index is 613. The number of nitrogens with two attached hydrogens (primary N) is 2. The standard InChI is InChI=1S/C10H9FN4OS/c11-6-3-5(12)1-2-7(6)17-10-14-8(13)4-9(16)15-10/h1-4H,12H2,(H3,13,14,15,16). The fourth-order valence-electron chi connectivity index (χ4n) is 1.21. The molecule has 5 nitrogen and oxygen atoms in total. The molecule has 7 heteroatoms. The van der Waals surface area contributed by atoms with Crippen LogP contribution in [-0.4, -0.2) is 9.97 Å². The molecule has 0 amide bonds. The molecule has 2 aromatic rings. The number of anilines is 2. The third kappa shape index (κ3) is 2.76. The monoisotopic (exact) mass is 252 g/mol. The summed E-state index contributed by atoms with van der Waals surface area (Å²) in [7, 11) is 0. The highest BCUT2D eigenvalue weighted by atomic mass is 32.2. The summed E-state index contributed by atoms with van der Waals surface area (Å²) in [5.74, 6) is -0.382. The molecule has 5 N–H and O–H groups in total. The van der Waals surface area contributed by atoms with Crippen LogP contribution in [0.1, 0.15) is 0 Å². The van der Waals surface area contributed by atoms with Gasteiger partial charge in [-0.25, -0.2) is 9.37 Å². The topological polar surface area (TPSA) is 97.8 Å². The minimum absolute atomic E-state index is 0.0899. The predicted octanol–water partition coefficient (Wildman–Crippen LogP) is 1.22. The second-order valence-corrected chi connectivity index (χ2v) is 4.30. The van der Waals surface area contributed by atoms with E-state index >= 15 is 0 Å². The number of benzene rings is 1. The number of nitrogens with zero attached hydrogens (tertiary/aromatic N) is 1. The molecular formula is C10H9FN4OS. The maximum atomic E-state index is 13.5. The summed E-state index contributed by atoms with van der Waals surface area (Å²) in [4.78, 5) is 17.8. The van der Waals surface area contributed by atoms with Gasteiger partial charge >= 0.3 is 0 Å². The van der Waals surface area contributed by atoms with Crippen LogP contribution in [0.3, 0.4) is 0 Å². The summed E-state index contributed by atoms with van der Waals surface area (Å²) in [6.45, 7) is 0. The Morgan fingerprint density at radius 1 is 1.29 bits per heavy atom. The van der Waals surface area contributed by atoms with Crippen LogP contribution in [0.5, 0.6) is 0 Å². The molecule has 0 radical (unpaired) electrons. The Labute approximate surface area is 100 Å². The van der Waals surface area contributed by atoms with Gasteiger partial charge in [0.1, 0.15) is 11.6 Å². The van der Waals surface area contributed by atoms with Gasteiger partial charge in [-0.3, -0.25) is 4.79 Å².